The molecular weight excluding hydrogens is 232 g/mol. The summed E-state index contributed by atoms with van der Waals surface area (Å²) in [5.41, 5.74) is 0.857. The Morgan fingerprint density at radius 2 is 2.00 bits per heavy atom. The van der Waals surface area contributed by atoms with Gasteiger partial charge in [0.25, 0.3) is 0 Å². The SMILES string of the molecule is CNC(c1ccc(F)c(F)c1)C1CCCC(C)C1. The Bertz CT molecular complexity index is 405. The van der Waals surface area contributed by atoms with Gasteiger partial charge in [-0.3, -0.25) is 0 Å². The van der Waals surface area contributed by atoms with Crippen molar-refractivity contribution in [1.82, 2.24) is 5.32 Å². The standard InChI is InChI=1S/C15H21F2N/c1-10-4-3-5-11(8-10)15(18-2)12-6-7-13(16)14(17)9-12/h6-7,9-11,15,18H,3-5,8H2,1-2H3. The average molecular weight is 253 g/mol. The van der Waals surface area contributed by atoms with Crippen molar-refractivity contribution in [2.75, 3.05) is 7.05 Å². The maximum atomic E-state index is 13.3. The molecule has 3 unspecified atom stereocenters. The third kappa shape index (κ3) is 2.89. The van der Waals surface area contributed by atoms with Crippen LogP contribution in [0.3, 0.4) is 0 Å². The topological polar surface area (TPSA) is 12.0 Å². The first-order chi connectivity index (χ1) is 8.61. The second kappa shape index (κ2) is 5.79. The molecule has 1 aromatic carbocycles. The molecule has 0 bridgehead atoms. The molecule has 1 saturated carbocycles. The average Bonchev–Trinajstić information content (AvgIpc) is 2.35. The van der Waals surface area contributed by atoms with E-state index in [2.05, 4.69) is 12.2 Å². The van der Waals surface area contributed by atoms with Crippen LogP contribution in [-0.4, -0.2) is 7.05 Å². The number of halogens is 2. The number of hydrogen-bond donors (Lipinski definition) is 1. The van der Waals surface area contributed by atoms with Crippen LogP contribution in [0.15, 0.2) is 18.2 Å². The zero-order valence-corrected chi connectivity index (χ0v) is 11.0. The highest BCUT2D eigenvalue weighted by atomic mass is 19.2. The summed E-state index contributed by atoms with van der Waals surface area (Å²) in [5, 5.41) is 3.27. The van der Waals surface area contributed by atoms with Crippen LogP contribution in [0.25, 0.3) is 0 Å². The molecule has 1 N–H and O–H groups in total. The highest BCUT2D eigenvalue weighted by molar-refractivity contribution is 5.22. The smallest absolute Gasteiger partial charge is 0.159 e. The second-order valence-electron chi connectivity index (χ2n) is 5.47. The minimum atomic E-state index is -0.773. The van der Waals surface area contributed by atoms with Crippen molar-refractivity contribution < 1.29 is 8.78 Å². The Kier molecular flexibility index (Phi) is 4.33. The van der Waals surface area contributed by atoms with E-state index in [9.17, 15) is 8.78 Å². The Morgan fingerprint density at radius 3 is 2.61 bits per heavy atom. The van der Waals surface area contributed by atoms with E-state index < -0.39 is 11.6 Å². The van der Waals surface area contributed by atoms with Crippen LogP contribution in [0.1, 0.15) is 44.2 Å². The lowest BCUT2D eigenvalue weighted by molar-refractivity contribution is 0.229. The van der Waals surface area contributed by atoms with E-state index in [0.29, 0.717) is 5.92 Å². The van der Waals surface area contributed by atoms with Gasteiger partial charge in [0.2, 0.25) is 0 Å². The van der Waals surface area contributed by atoms with Gasteiger partial charge in [-0.05, 0) is 49.4 Å². The summed E-state index contributed by atoms with van der Waals surface area (Å²) in [5.74, 6) is -0.282. The van der Waals surface area contributed by atoms with Gasteiger partial charge in [-0.2, -0.15) is 0 Å². The van der Waals surface area contributed by atoms with E-state index in [1.165, 1.54) is 25.0 Å². The van der Waals surface area contributed by atoms with Crippen LogP contribution in [0.4, 0.5) is 8.78 Å². The molecule has 0 aliphatic heterocycles. The molecule has 3 atom stereocenters. The molecule has 1 nitrogen and oxygen atoms in total. The first kappa shape index (κ1) is 13.5. The van der Waals surface area contributed by atoms with Gasteiger partial charge in [0, 0.05) is 6.04 Å². The quantitative estimate of drug-likeness (QED) is 0.857. The normalized spacial score (nSPS) is 26.0. The van der Waals surface area contributed by atoms with E-state index in [-0.39, 0.29) is 6.04 Å². The van der Waals surface area contributed by atoms with E-state index in [0.717, 1.165) is 24.3 Å². The molecule has 0 radical (unpaired) electrons. The largest absolute Gasteiger partial charge is 0.313 e. The fraction of sp³-hybridized carbons (Fsp3) is 0.600. The van der Waals surface area contributed by atoms with Gasteiger partial charge < -0.3 is 5.32 Å². The summed E-state index contributed by atoms with van der Waals surface area (Å²) in [6.07, 6.45) is 4.83. The summed E-state index contributed by atoms with van der Waals surface area (Å²) in [4.78, 5) is 0. The van der Waals surface area contributed by atoms with Crippen molar-refractivity contribution in [2.24, 2.45) is 11.8 Å². The molecule has 3 heteroatoms. The highest BCUT2D eigenvalue weighted by Gasteiger charge is 2.27. The summed E-state index contributed by atoms with van der Waals surface area (Å²) >= 11 is 0. The first-order valence-corrected chi connectivity index (χ1v) is 6.74. The Hall–Kier alpha value is -0.960. The lowest BCUT2D eigenvalue weighted by atomic mass is 9.77. The highest BCUT2D eigenvalue weighted by Crippen LogP contribution is 2.37. The van der Waals surface area contributed by atoms with Crippen molar-refractivity contribution in [3.63, 3.8) is 0 Å². The molecule has 0 saturated heterocycles. The summed E-state index contributed by atoms with van der Waals surface area (Å²) < 4.78 is 26.3. The van der Waals surface area contributed by atoms with Crippen LogP contribution < -0.4 is 5.32 Å². The maximum Gasteiger partial charge on any atom is 0.159 e. The zero-order chi connectivity index (χ0) is 13.1. The van der Waals surface area contributed by atoms with Gasteiger partial charge in [-0.25, -0.2) is 8.78 Å². The van der Waals surface area contributed by atoms with E-state index in [4.69, 9.17) is 0 Å². The van der Waals surface area contributed by atoms with Crippen LogP contribution >= 0.6 is 0 Å². The Morgan fingerprint density at radius 1 is 1.22 bits per heavy atom. The predicted octanol–water partition coefficient (Wildman–Crippen LogP) is 4.05. The van der Waals surface area contributed by atoms with E-state index in [1.54, 1.807) is 6.07 Å². The zero-order valence-electron chi connectivity index (χ0n) is 11.0. The number of nitrogens with one attached hydrogen (secondary N) is 1. The van der Waals surface area contributed by atoms with Crippen LogP contribution in [-0.2, 0) is 0 Å². The van der Waals surface area contributed by atoms with Crippen molar-refractivity contribution in [2.45, 2.75) is 38.6 Å². The number of benzene rings is 1. The molecule has 100 valence electrons. The molecule has 1 fully saturated rings. The molecule has 1 aliphatic carbocycles. The van der Waals surface area contributed by atoms with Crippen LogP contribution in [0.2, 0.25) is 0 Å². The third-order valence-corrected chi connectivity index (χ3v) is 4.06. The lowest BCUT2D eigenvalue weighted by Gasteiger charge is -2.33. The molecule has 2 rings (SSSR count). The van der Waals surface area contributed by atoms with Crippen LogP contribution in [0, 0.1) is 23.5 Å². The first-order valence-electron chi connectivity index (χ1n) is 6.74. The van der Waals surface area contributed by atoms with Gasteiger partial charge in [-0.1, -0.05) is 25.8 Å². The van der Waals surface area contributed by atoms with Crippen molar-refractivity contribution in [3.8, 4) is 0 Å². The van der Waals surface area contributed by atoms with Gasteiger partial charge in [0.15, 0.2) is 11.6 Å². The number of rotatable bonds is 3. The molecule has 0 amide bonds. The minimum Gasteiger partial charge on any atom is -0.313 e. The van der Waals surface area contributed by atoms with Crippen molar-refractivity contribution in [3.05, 3.63) is 35.4 Å². The predicted molar refractivity (Wildman–Crippen MR) is 69.3 cm³/mol. The monoisotopic (exact) mass is 253 g/mol. The third-order valence-electron chi connectivity index (χ3n) is 4.06. The molecule has 0 aromatic heterocycles. The summed E-state index contributed by atoms with van der Waals surface area (Å²) in [6, 6.07) is 4.37. The molecule has 18 heavy (non-hydrogen) atoms. The summed E-state index contributed by atoms with van der Waals surface area (Å²) in [7, 11) is 1.89. The Balaban J connectivity index is 2.18. The van der Waals surface area contributed by atoms with Gasteiger partial charge in [0.05, 0.1) is 0 Å². The molecule has 0 heterocycles. The van der Waals surface area contributed by atoms with Gasteiger partial charge in [-0.15, -0.1) is 0 Å². The van der Waals surface area contributed by atoms with Crippen LogP contribution in [0.5, 0.6) is 0 Å². The lowest BCUT2D eigenvalue weighted by Crippen LogP contribution is -2.29. The minimum absolute atomic E-state index is 0.128. The fourth-order valence-corrected chi connectivity index (χ4v) is 3.16. The van der Waals surface area contributed by atoms with Crippen molar-refractivity contribution in [1.29, 1.82) is 0 Å². The van der Waals surface area contributed by atoms with E-state index in [1.807, 2.05) is 7.05 Å². The maximum absolute atomic E-state index is 13.3. The Labute approximate surface area is 108 Å². The summed E-state index contributed by atoms with van der Waals surface area (Å²) in [6.45, 7) is 2.27. The van der Waals surface area contributed by atoms with Gasteiger partial charge in [0.1, 0.15) is 0 Å². The van der Waals surface area contributed by atoms with Crippen molar-refractivity contribution >= 4 is 0 Å². The van der Waals surface area contributed by atoms with Gasteiger partial charge >= 0.3 is 0 Å². The fourth-order valence-electron chi connectivity index (χ4n) is 3.16. The van der Waals surface area contributed by atoms with E-state index >= 15 is 0 Å². The molecule has 0 spiro atoms. The molecule has 1 aliphatic rings. The number of hydrogen-bond acceptors (Lipinski definition) is 1. The molecular formula is C15H21F2N. The molecule has 1 aromatic rings. The second-order valence-corrected chi connectivity index (χ2v) is 5.47.